The molecule has 2 atom stereocenters. The van der Waals surface area contributed by atoms with Crippen LogP contribution in [-0.2, 0) is 11.3 Å². The van der Waals surface area contributed by atoms with Gasteiger partial charge in [-0.3, -0.25) is 9.69 Å². The van der Waals surface area contributed by atoms with E-state index in [1.807, 2.05) is 16.7 Å². The van der Waals surface area contributed by atoms with Gasteiger partial charge in [0.05, 0.1) is 19.3 Å². The molecule has 6 heterocycles. The second-order valence-electron chi connectivity index (χ2n) is 8.12. The maximum atomic E-state index is 12.4. The van der Waals surface area contributed by atoms with Crippen molar-refractivity contribution in [2.75, 3.05) is 56.2 Å². The molecule has 4 aliphatic heterocycles. The van der Waals surface area contributed by atoms with E-state index in [2.05, 4.69) is 30.1 Å². The van der Waals surface area contributed by atoms with Crippen LogP contribution in [0.2, 0.25) is 5.28 Å². The molecule has 0 radical (unpaired) electrons. The molecular weight excluding hydrogens is 406 g/mol. The zero-order valence-electron chi connectivity index (χ0n) is 16.8. The Kier molecular flexibility index (Phi) is 5.58. The summed E-state index contributed by atoms with van der Waals surface area (Å²) in [5, 5.41) is 3.47. The van der Waals surface area contributed by atoms with E-state index in [0.29, 0.717) is 17.8 Å². The highest BCUT2D eigenvalue weighted by molar-refractivity contribution is 6.28. The minimum absolute atomic E-state index is 0.0606. The Morgan fingerprint density at radius 3 is 2.87 bits per heavy atom. The number of morpholine rings is 1. The van der Waals surface area contributed by atoms with Crippen LogP contribution in [0.15, 0.2) is 23.0 Å². The molecule has 2 aromatic heterocycles. The van der Waals surface area contributed by atoms with Crippen molar-refractivity contribution in [2.45, 2.75) is 25.4 Å². The molecule has 10 heteroatoms. The minimum Gasteiger partial charge on any atom is -0.379 e. The maximum Gasteiger partial charge on any atom is 0.250 e. The Balaban J connectivity index is 1.35. The number of hydrogen-bond acceptors (Lipinski definition) is 8. The molecule has 6 rings (SSSR count). The summed E-state index contributed by atoms with van der Waals surface area (Å²) in [6.45, 7) is 6.62. The van der Waals surface area contributed by atoms with Crippen LogP contribution in [0.1, 0.15) is 24.6 Å². The van der Waals surface area contributed by atoms with Crippen molar-refractivity contribution in [1.82, 2.24) is 24.4 Å². The molecule has 30 heavy (non-hydrogen) atoms. The maximum absolute atomic E-state index is 12.4. The highest BCUT2D eigenvalue weighted by Crippen LogP contribution is 2.39. The van der Waals surface area contributed by atoms with Gasteiger partial charge < -0.3 is 19.5 Å². The zero-order valence-corrected chi connectivity index (χ0v) is 17.6. The van der Waals surface area contributed by atoms with E-state index in [0.717, 1.165) is 71.0 Å². The Bertz CT molecular complexity index is 962. The van der Waals surface area contributed by atoms with E-state index in [4.69, 9.17) is 16.3 Å². The van der Waals surface area contributed by atoms with Crippen LogP contribution in [0, 0.1) is 5.92 Å². The van der Waals surface area contributed by atoms with Crippen LogP contribution in [0.5, 0.6) is 0 Å². The first-order chi connectivity index (χ1) is 14.7. The number of hydrogen-bond donors (Lipinski definition) is 1. The van der Waals surface area contributed by atoms with E-state index in [1.165, 1.54) is 0 Å². The van der Waals surface area contributed by atoms with Crippen molar-refractivity contribution in [3.05, 3.63) is 39.5 Å². The van der Waals surface area contributed by atoms with Gasteiger partial charge >= 0.3 is 0 Å². The number of pyridine rings is 1. The lowest BCUT2D eigenvalue weighted by molar-refractivity contribution is 0.0398. The average molecular weight is 432 g/mol. The zero-order chi connectivity index (χ0) is 20.5. The largest absolute Gasteiger partial charge is 0.379 e. The Morgan fingerprint density at radius 1 is 1.13 bits per heavy atom. The van der Waals surface area contributed by atoms with Gasteiger partial charge in [0.25, 0.3) is 5.56 Å². The normalized spacial score (nSPS) is 23.8. The predicted octanol–water partition coefficient (Wildman–Crippen LogP) is 1.40. The minimum atomic E-state index is 0.0606. The molecule has 9 nitrogen and oxygen atoms in total. The molecule has 2 saturated heterocycles. The van der Waals surface area contributed by atoms with E-state index in [9.17, 15) is 4.79 Å². The molecule has 2 bridgehead atoms. The molecule has 2 aromatic rings. The quantitative estimate of drug-likeness (QED) is 0.760. The second kappa shape index (κ2) is 8.49. The smallest absolute Gasteiger partial charge is 0.250 e. The Morgan fingerprint density at radius 2 is 2.00 bits per heavy atom. The summed E-state index contributed by atoms with van der Waals surface area (Å²) >= 11 is 6.25. The lowest BCUT2D eigenvalue weighted by Gasteiger charge is -2.36. The lowest BCUT2D eigenvalue weighted by Crippen LogP contribution is -2.39. The van der Waals surface area contributed by atoms with Crippen LogP contribution < -0.4 is 15.8 Å². The molecule has 4 aliphatic rings. The molecule has 2 unspecified atom stereocenters. The number of piperidine rings is 1. The number of anilines is 2. The fourth-order valence-electron chi connectivity index (χ4n) is 4.70. The van der Waals surface area contributed by atoms with Crippen molar-refractivity contribution >= 4 is 23.5 Å². The monoisotopic (exact) mass is 431 g/mol. The van der Waals surface area contributed by atoms with Crippen LogP contribution in [0.3, 0.4) is 0 Å². The van der Waals surface area contributed by atoms with Gasteiger partial charge in [0.15, 0.2) is 0 Å². The number of ether oxygens (including phenoxy) is 1. The van der Waals surface area contributed by atoms with Crippen molar-refractivity contribution < 1.29 is 4.74 Å². The Hall–Kier alpha value is -2.23. The summed E-state index contributed by atoms with van der Waals surface area (Å²) in [5.74, 6) is 1.45. The topological polar surface area (TPSA) is 88.4 Å². The third kappa shape index (κ3) is 4.01. The SMILES string of the molecule is O=c1cccc2n1CC1CCC2N(c2nc(Cl)nc(NCCN3CCOCC3)n2)C1. The first kappa shape index (κ1) is 19.7. The molecule has 0 aromatic carbocycles. The third-order valence-electron chi connectivity index (χ3n) is 6.21. The lowest BCUT2D eigenvalue weighted by atomic mass is 9.94. The first-order valence-corrected chi connectivity index (χ1v) is 11.0. The molecule has 0 saturated carbocycles. The summed E-state index contributed by atoms with van der Waals surface area (Å²) in [4.78, 5) is 30.3. The summed E-state index contributed by atoms with van der Waals surface area (Å²) in [6.07, 6.45) is 2.06. The molecular formula is C20H26ClN7O2. The summed E-state index contributed by atoms with van der Waals surface area (Å²) < 4.78 is 7.30. The number of rotatable bonds is 5. The van der Waals surface area contributed by atoms with Crippen LogP contribution in [0.4, 0.5) is 11.9 Å². The van der Waals surface area contributed by atoms with E-state index in [-0.39, 0.29) is 16.9 Å². The van der Waals surface area contributed by atoms with Gasteiger partial charge in [-0.2, -0.15) is 15.0 Å². The first-order valence-electron chi connectivity index (χ1n) is 10.6. The molecule has 0 amide bonds. The van der Waals surface area contributed by atoms with Crippen molar-refractivity contribution in [3.8, 4) is 0 Å². The van der Waals surface area contributed by atoms with Crippen molar-refractivity contribution in [2.24, 2.45) is 5.92 Å². The Labute approximate surface area is 180 Å². The van der Waals surface area contributed by atoms with Gasteiger partial charge in [0.2, 0.25) is 17.2 Å². The van der Waals surface area contributed by atoms with Crippen LogP contribution in [0.25, 0.3) is 0 Å². The van der Waals surface area contributed by atoms with Gasteiger partial charge in [0, 0.05) is 51.0 Å². The average Bonchev–Trinajstić information content (AvgIpc) is 3.03. The molecule has 0 spiro atoms. The van der Waals surface area contributed by atoms with Gasteiger partial charge in [-0.05, 0) is 36.4 Å². The van der Waals surface area contributed by atoms with E-state index >= 15 is 0 Å². The molecule has 160 valence electrons. The highest BCUT2D eigenvalue weighted by atomic mass is 35.5. The number of fused-ring (bicyclic) bond motifs is 2. The van der Waals surface area contributed by atoms with Gasteiger partial charge in [-0.25, -0.2) is 0 Å². The third-order valence-corrected chi connectivity index (χ3v) is 6.38. The standard InChI is InChI=1S/C20H26ClN7O2/c21-18-23-19(22-6-7-26-8-10-30-11-9-26)25-20(24-18)28-13-14-4-5-16(28)15-2-1-3-17(29)27(15)12-14/h1-3,14,16H,4-13H2,(H,22,23,24,25). The van der Waals surface area contributed by atoms with Crippen molar-refractivity contribution in [1.29, 1.82) is 0 Å². The summed E-state index contributed by atoms with van der Waals surface area (Å²) in [5.41, 5.74) is 1.09. The molecule has 2 fully saturated rings. The number of nitrogens with zero attached hydrogens (tertiary/aromatic N) is 6. The fourth-order valence-corrected chi connectivity index (χ4v) is 4.86. The molecule has 0 aliphatic carbocycles. The van der Waals surface area contributed by atoms with E-state index in [1.54, 1.807) is 6.07 Å². The van der Waals surface area contributed by atoms with Gasteiger partial charge in [-0.1, -0.05) is 6.07 Å². The summed E-state index contributed by atoms with van der Waals surface area (Å²) in [7, 11) is 0. The highest BCUT2D eigenvalue weighted by Gasteiger charge is 2.37. The second-order valence-corrected chi connectivity index (χ2v) is 8.46. The van der Waals surface area contributed by atoms with Gasteiger partial charge in [-0.15, -0.1) is 0 Å². The predicted molar refractivity (Wildman–Crippen MR) is 114 cm³/mol. The van der Waals surface area contributed by atoms with Crippen LogP contribution >= 0.6 is 11.6 Å². The number of aromatic nitrogens is 4. The summed E-state index contributed by atoms with van der Waals surface area (Å²) in [6, 6.07) is 5.58. The number of nitrogens with one attached hydrogen (secondary N) is 1. The van der Waals surface area contributed by atoms with Crippen LogP contribution in [-0.4, -0.2) is 70.4 Å². The van der Waals surface area contributed by atoms with Gasteiger partial charge in [0.1, 0.15) is 0 Å². The molecule has 1 N–H and O–H groups in total. The fraction of sp³-hybridized carbons (Fsp3) is 0.600. The van der Waals surface area contributed by atoms with Crippen molar-refractivity contribution in [3.63, 3.8) is 0 Å². The number of halogens is 1. The van der Waals surface area contributed by atoms with E-state index < -0.39 is 0 Å².